The van der Waals surface area contributed by atoms with Crippen LogP contribution in [-0.2, 0) is 6.42 Å². The van der Waals surface area contributed by atoms with Crippen molar-refractivity contribution < 1.29 is 8.78 Å². The lowest BCUT2D eigenvalue weighted by atomic mass is 9.68. The van der Waals surface area contributed by atoms with Crippen molar-refractivity contribution in [3.8, 4) is 6.07 Å². The highest BCUT2D eigenvalue weighted by molar-refractivity contribution is 5.16. The Balaban J connectivity index is 1.26. The van der Waals surface area contributed by atoms with Crippen LogP contribution < -0.4 is 0 Å². The molecule has 1 aromatic carbocycles. The lowest BCUT2D eigenvalue weighted by Gasteiger charge is -2.38. The van der Waals surface area contributed by atoms with Crippen molar-refractivity contribution in [2.24, 2.45) is 23.7 Å². The molecule has 1 nitrogen and oxygen atoms in total. The van der Waals surface area contributed by atoms with Crippen molar-refractivity contribution in [2.75, 3.05) is 0 Å². The van der Waals surface area contributed by atoms with E-state index in [1.165, 1.54) is 82.3 Å². The van der Waals surface area contributed by atoms with E-state index in [-0.39, 0.29) is 5.82 Å². The van der Waals surface area contributed by atoms with Gasteiger partial charge in [0.2, 0.25) is 0 Å². The van der Waals surface area contributed by atoms with Crippen LogP contribution in [-0.4, -0.2) is 0 Å². The monoisotopic (exact) mass is 413 g/mol. The fourth-order valence-corrected chi connectivity index (χ4v) is 5.80. The SMILES string of the molecule is N#C/C(F)=C/CCC1CCC([C@H]2CC[C@H](CCCCc3ccc(F)cc3)CC2)CC1. The first kappa shape index (κ1) is 23.0. The van der Waals surface area contributed by atoms with Crippen LogP contribution in [0.1, 0.15) is 89.0 Å². The molecule has 3 rings (SSSR count). The molecule has 0 aliphatic heterocycles. The van der Waals surface area contributed by atoms with Gasteiger partial charge in [0.1, 0.15) is 11.9 Å². The molecule has 1 aromatic rings. The molecule has 0 aromatic heterocycles. The number of hydrogen-bond donors (Lipinski definition) is 0. The van der Waals surface area contributed by atoms with Crippen molar-refractivity contribution in [1.29, 1.82) is 5.26 Å². The number of unbranched alkanes of at least 4 members (excludes halogenated alkanes) is 1. The number of nitriles is 1. The Labute approximate surface area is 181 Å². The molecule has 164 valence electrons. The first-order valence-corrected chi connectivity index (χ1v) is 12.1. The maximum absolute atomic E-state index is 13.0. The second-order valence-corrected chi connectivity index (χ2v) is 9.68. The van der Waals surface area contributed by atoms with Crippen LogP contribution in [0.25, 0.3) is 0 Å². The predicted molar refractivity (Wildman–Crippen MR) is 119 cm³/mol. The maximum atomic E-state index is 13.0. The summed E-state index contributed by atoms with van der Waals surface area (Å²) in [6, 6.07) is 8.52. The van der Waals surface area contributed by atoms with Gasteiger partial charge in [-0.05, 0) is 98.8 Å². The summed E-state index contributed by atoms with van der Waals surface area (Å²) in [5, 5.41) is 8.48. The van der Waals surface area contributed by atoms with Crippen LogP contribution in [0.15, 0.2) is 36.2 Å². The lowest BCUT2D eigenvalue weighted by molar-refractivity contribution is 0.140. The third-order valence-corrected chi connectivity index (χ3v) is 7.70. The normalized spacial score (nSPS) is 27.6. The Morgan fingerprint density at radius 3 is 2.00 bits per heavy atom. The van der Waals surface area contributed by atoms with Crippen LogP contribution in [0.4, 0.5) is 8.78 Å². The molecular weight excluding hydrogens is 376 g/mol. The Morgan fingerprint density at radius 1 is 0.867 bits per heavy atom. The fourth-order valence-electron chi connectivity index (χ4n) is 5.80. The number of allylic oxidation sites excluding steroid dienone is 2. The summed E-state index contributed by atoms with van der Waals surface area (Å²) in [4.78, 5) is 0. The fraction of sp³-hybridized carbons (Fsp3) is 0.667. The molecule has 0 heterocycles. The number of hydrogen-bond acceptors (Lipinski definition) is 1. The number of halogens is 2. The van der Waals surface area contributed by atoms with Gasteiger partial charge in [-0.15, -0.1) is 0 Å². The molecule has 2 aliphatic rings. The summed E-state index contributed by atoms with van der Waals surface area (Å²) >= 11 is 0. The van der Waals surface area contributed by atoms with E-state index in [0.717, 1.165) is 36.5 Å². The molecule has 0 amide bonds. The molecule has 0 atom stereocenters. The van der Waals surface area contributed by atoms with Gasteiger partial charge in [0, 0.05) is 0 Å². The molecule has 30 heavy (non-hydrogen) atoms. The van der Waals surface area contributed by atoms with E-state index in [0.29, 0.717) is 6.42 Å². The van der Waals surface area contributed by atoms with Gasteiger partial charge in [-0.2, -0.15) is 9.65 Å². The zero-order chi connectivity index (χ0) is 21.2. The number of nitrogens with zero attached hydrogens (tertiary/aromatic N) is 1. The third kappa shape index (κ3) is 7.53. The molecule has 0 saturated heterocycles. The second-order valence-electron chi connectivity index (χ2n) is 9.68. The van der Waals surface area contributed by atoms with Crippen LogP contribution >= 0.6 is 0 Å². The summed E-state index contributed by atoms with van der Waals surface area (Å²) in [5.74, 6) is 2.70. The van der Waals surface area contributed by atoms with Gasteiger partial charge in [-0.1, -0.05) is 50.7 Å². The highest BCUT2D eigenvalue weighted by atomic mass is 19.1. The Morgan fingerprint density at radius 2 is 1.43 bits per heavy atom. The zero-order valence-electron chi connectivity index (χ0n) is 18.3. The van der Waals surface area contributed by atoms with Crippen molar-refractivity contribution in [2.45, 2.75) is 89.9 Å². The summed E-state index contributed by atoms with van der Waals surface area (Å²) in [6.45, 7) is 0. The first-order chi connectivity index (χ1) is 14.6. The number of rotatable bonds is 9. The molecule has 0 unspecified atom stereocenters. The quantitative estimate of drug-likeness (QED) is 0.295. The number of aryl methyl sites for hydroxylation is 1. The van der Waals surface area contributed by atoms with Gasteiger partial charge < -0.3 is 0 Å². The molecule has 0 spiro atoms. The minimum absolute atomic E-state index is 0.146. The molecule has 2 fully saturated rings. The molecule has 2 saturated carbocycles. The molecule has 3 heteroatoms. The minimum atomic E-state index is -0.629. The predicted octanol–water partition coefficient (Wildman–Crippen LogP) is 8.31. The van der Waals surface area contributed by atoms with Crippen molar-refractivity contribution >= 4 is 0 Å². The van der Waals surface area contributed by atoms with E-state index in [2.05, 4.69) is 0 Å². The highest BCUT2D eigenvalue weighted by Crippen LogP contribution is 2.43. The topological polar surface area (TPSA) is 23.8 Å². The summed E-state index contributed by atoms with van der Waals surface area (Å²) in [6.07, 6.45) is 19.0. The van der Waals surface area contributed by atoms with E-state index in [9.17, 15) is 8.78 Å². The molecule has 0 bridgehead atoms. The smallest absolute Gasteiger partial charge is 0.196 e. The standard InChI is InChI=1S/C27H37F2N/c28-26-18-12-22(13-19-26)5-2-1-4-21-8-14-24(15-9-21)25-16-10-23(11-17-25)6-3-7-27(29)20-30/h7,12-13,18-19,21,23-25H,1-6,8-11,14-17H2/b27-7-/t21-,23?,24-,25?. The van der Waals surface area contributed by atoms with Gasteiger partial charge in [-0.25, -0.2) is 4.39 Å². The highest BCUT2D eigenvalue weighted by Gasteiger charge is 2.30. The summed E-state index contributed by atoms with van der Waals surface area (Å²) in [7, 11) is 0. The average Bonchev–Trinajstić information content (AvgIpc) is 2.79. The molecule has 2 aliphatic carbocycles. The minimum Gasteiger partial charge on any atom is -0.207 e. The lowest BCUT2D eigenvalue weighted by Crippen LogP contribution is -2.25. The summed E-state index contributed by atoms with van der Waals surface area (Å²) < 4.78 is 25.9. The van der Waals surface area contributed by atoms with Crippen molar-refractivity contribution in [3.05, 3.63) is 47.5 Å². The van der Waals surface area contributed by atoms with Gasteiger partial charge in [-0.3, -0.25) is 0 Å². The average molecular weight is 414 g/mol. The van der Waals surface area contributed by atoms with Crippen molar-refractivity contribution in [1.82, 2.24) is 0 Å². The van der Waals surface area contributed by atoms with Crippen LogP contribution in [0.2, 0.25) is 0 Å². The molecule has 0 N–H and O–H groups in total. The van der Waals surface area contributed by atoms with E-state index < -0.39 is 5.83 Å². The largest absolute Gasteiger partial charge is 0.207 e. The Bertz CT molecular complexity index is 687. The second kappa shape index (κ2) is 12.2. The van der Waals surface area contributed by atoms with Gasteiger partial charge in [0.05, 0.1) is 0 Å². The zero-order valence-corrected chi connectivity index (χ0v) is 18.3. The van der Waals surface area contributed by atoms with Gasteiger partial charge >= 0.3 is 0 Å². The first-order valence-electron chi connectivity index (χ1n) is 12.1. The van der Waals surface area contributed by atoms with Crippen LogP contribution in [0.3, 0.4) is 0 Å². The maximum Gasteiger partial charge on any atom is 0.196 e. The Hall–Kier alpha value is -1.69. The van der Waals surface area contributed by atoms with Crippen LogP contribution in [0.5, 0.6) is 0 Å². The molecule has 0 radical (unpaired) electrons. The van der Waals surface area contributed by atoms with Gasteiger partial charge in [0.25, 0.3) is 0 Å². The summed E-state index contributed by atoms with van der Waals surface area (Å²) in [5.41, 5.74) is 1.25. The van der Waals surface area contributed by atoms with E-state index in [4.69, 9.17) is 5.26 Å². The van der Waals surface area contributed by atoms with Gasteiger partial charge in [0.15, 0.2) is 5.83 Å². The van der Waals surface area contributed by atoms with Crippen LogP contribution in [0, 0.1) is 40.8 Å². The Kier molecular flexibility index (Phi) is 9.37. The third-order valence-electron chi connectivity index (χ3n) is 7.70. The molecular formula is C27H37F2N. The van der Waals surface area contributed by atoms with E-state index in [1.807, 2.05) is 12.1 Å². The van der Waals surface area contributed by atoms with E-state index >= 15 is 0 Å². The number of benzene rings is 1. The van der Waals surface area contributed by atoms with E-state index in [1.54, 1.807) is 18.2 Å². The van der Waals surface area contributed by atoms with Crippen molar-refractivity contribution in [3.63, 3.8) is 0 Å².